The molecule has 0 saturated carbocycles. The van der Waals surface area contributed by atoms with Gasteiger partial charge in [-0.05, 0) is 29.5 Å². The smallest absolute Gasteiger partial charge is 0.319 e. The molecular weight excluding hydrogens is 291 g/mol. The van der Waals surface area contributed by atoms with Crippen molar-refractivity contribution in [2.75, 3.05) is 0 Å². The second kappa shape index (κ2) is 3.73. The van der Waals surface area contributed by atoms with E-state index >= 15 is 0 Å². The Hall–Kier alpha value is -0.840. The highest BCUT2D eigenvalue weighted by Crippen LogP contribution is 2.36. The van der Waals surface area contributed by atoms with Crippen molar-refractivity contribution in [3.05, 3.63) is 39.5 Å². The highest BCUT2D eigenvalue weighted by molar-refractivity contribution is 14.1. The minimum Gasteiger partial charge on any atom is -0.425 e. The number of esters is 1. The van der Waals surface area contributed by atoms with E-state index in [1.165, 1.54) is 0 Å². The van der Waals surface area contributed by atoms with Gasteiger partial charge in [0.25, 0.3) is 0 Å². The molecule has 0 spiro atoms. The van der Waals surface area contributed by atoms with E-state index in [4.69, 9.17) is 4.74 Å². The van der Waals surface area contributed by atoms with Crippen LogP contribution in [0.15, 0.2) is 33.9 Å². The topological polar surface area (TPSA) is 26.3 Å². The van der Waals surface area contributed by atoms with Crippen LogP contribution >= 0.6 is 22.6 Å². The van der Waals surface area contributed by atoms with Gasteiger partial charge < -0.3 is 4.74 Å². The first-order valence-corrected chi connectivity index (χ1v) is 5.45. The van der Waals surface area contributed by atoms with E-state index < -0.39 is 0 Å². The molecule has 0 radical (unpaired) electrons. The Bertz CT molecular complexity index is 395. The Labute approximate surface area is 96.1 Å². The zero-order chi connectivity index (χ0) is 10.1. The Morgan fingerprint density at radius 1 is 1.29 bits per heavy atom. The van der Waals surface area contributed by atoms with Gasteiger partial charge in [-0.3, -0.25) is 4.79 Å². The van der Waals surface area contributed by atoms with E-state index in [2.05, 4.69) is 22.6 Å². The lowest BCUT2D eigenvalue weighted by molar-refractivity contribution is -0.137. The Morgan fingerprint density at radius 3 is 2.43 bits per heavy atom. The molecule has 0 bridgehead atoms. The zero-order valence-corrected chi connectivity index (χ0v) is 9.82. The van der Waals surface area contributed by atoms with Crippen LogP contribution in [-0.4, -0.2) is 5.97 Å². The second-order valence-corrected chi connectivity index (χ2v) is 4.35. The third-order valence-electron chi connectivity index (χ3n) is 2.19. The van der Waals surface area contributed by atoms with Crippen LogP contribution in [0.5, 0.6) is 0 Å². The lowest BCUT2D eigenvalue weighted by Crippen LogP contribution is -2.04. The number of benzene rings is 1. The molecule has 1 aliphatic heterocycles. The molecular formula is C11H9IO2. The van der Waals surface area contributed by atoms with E-state index in [9.17, 15) is 4.79 Å². The summed E-state index contributed by atoms with van der Waals surface area (Å²) in [7, 11) is 0. The van der Waals surface area contributed by atoms with Crippen molar-refractivity contribution in [3.8, 4) is 0 Å². The molecule has 1 aliphatic rings. The molecule has 2 rings (SSSR count). The van der Waals surface area contributed by atoms with Gasteiger partial charge in [-0.15, -0.1) is 0 Å². The van der Waals surface area contributed by atoms with Crippen LogP contribution in [-0.2, 0) is 9.53 Å². The van der Waals surface area contributed by atoms with E-state index in [0.717, 1.165) is 9.14 Å². The van der Waals surface area contributed by atoms with Crippen molar-refractivity contribution in [3.63, 3.8) is 0 Å². The number of hydrogen-bond donors (Lipinski definition) is 0. The quantitative estimate of drug-likeness (QED) is 0.589. The molecule has 1 atom stereocenters. The fraction of sp³-hybridized carbons (Fsp3) is 0.182. The van der Waals surface area contributed by atoms with Crippen molar-refractivity contribution in [2.45, 2.75) is 6.92 Å². The standard InChI is InChI=1S/C11H9IO2/c1-7-9(12)10(14-11(7)13)8-5-3-2-4-6-8/h2-7H,1H3. The molecule has 1 unspecified atom stereocenters. The van der Waals surface area contributed by atoms with Gasteiger partial charge in [-0.2, -0.15) is 0 Å². The summed E-state index contributed by atoms with van der Waals surface area (Å²) in [6.07, 6.45) is 0. The molecule has 0 aliphatic carbocycles. The minimum absolute atomic E-state index is 0.120. The summed E-state index contributed by atoms with van der Waals surface area (Å²) < 4.78 is 6.19. The number of ether oxygens (including phenoxy) is 1. The molecule has 1 heterocycles. The normalized spacial score (nSPS) is 21.3. The number of carbonyl (C=O) groups is 1. The van der Waals surface area contributed by atoms with Crippen LogP contribution in [0.25, 0.3) is 5.76 Å². The van der Waals surface area contributed by atoms with Crippen LogP contribution in [0.1, 0.15) is 12.5 Å². The highest BCUT2D eigenvalue weighted by Gasteiger charge is 2.30. The van der Waals surface area contributed by atoms with E-state index in [-0.39, 0.29) is 11.9 Å². The van der Waals surface area contributed by atoms with Gasteiger partial charge in [-0.1, -0.05) is 30.3 Å². The predicted octanol–water partition coefficient (Wildman–Crippen LogP) is 2.98. The molecule has 14 heavy (non-hydrogen) atoms. The van der Waals surface area contributed by atoms with Gasteiger partial charge in [0, 0.05) is 9.14 Å². The first-order valence-electron chi connectivity index (χ1n) is 4.37. The van der Waals surface area contributed by atoms with Gasteiger partial charge in [-0.25, -0.2) is 0 Å². The SMILES string of the molecule is CC1C(=O)OC(c2ccccc2)=C1I. The summed E-state index contributed by atoms with van der Waals surface area (Å²) >= 11 is 2.17. The third kappa shape index (κ3) is 1.56. The molecule has 1 aromatic rings. The van der Waals surface area contributed by atoms with Crippen molar-refractivity contribution in [1.82, 2.24) is 0 Å². The molecule has 0 N–H and O–H groups in total. The minimum atomic E-state index is -0.159. The van der Waals surface area contributed by atoms with Crippen LogP contribution < -0.4 is 0 Å². The fourth-order valence-electron chi connectivity index (χ4n) is 1.32. The summed E-state index contributed by atoms with van der Waals surface area (Å²) in [5.41, 5.74) is 0.967. The summed E-state index contributed by atoms with van der Waals surface area (Å²) in [6.45, 7) is 1.86. The summed E-state index contributed by atoms with van der Waals surface area (Å²) in [6, 6.07) is 9.70. The third-order valence-corrected chi connectivity index (χ3v) is 3.61. The largest absolute Gasteiger partial charge is 0.425 e. The summed E-state index contributed by atoms with van der Waals surface area (Å²) in [5, 5.41) is 0. The molecule has 72 valence electrons. The second-order valence-electron chi connectivity index (χ2n) is 3.19. The van der Waals surface area contributed by atoms with Crippen LogP contribution in [0.2, 0.25) is 0 Å². The van der Waals surface area contributed by atoms with Crippen LogP contribution in [0, 0.1) is 5.92 Å². The maximum Gasteiger partial charge on any atom is 0.319 e. The van der Waals surface area contributed by atoms with Gasteiger partial charge >= 0.3 is 5.97 Å². The fourth-order valence-corrected chi connectivity index (χ4v) is 2.00. The number of halogens is 1. The Balaban J connectivity index is 2.42. The molecule has 0 fully saturated rings. The Kier molecular flexibility index (Phi) is 2.58. The lowest BCUT2D eigenvalue weighted by Gasteiger charge is -2.01. The van der Waals surface area contributed by atoms with Gasteiger partial charge in [0.1, 0.15) is 5.76 Å². The van der Waals surface area contributed by atoms with Crippen LogP contribution in [0.4, 0.5) is 0 Å². The highest BCUT2D eigenvalue weighted by atomic mass is 127. The molecule has 1 aromatic carbocycles. The van der Waals surface area contributed by atoms with Crippen molar-refractivity contribution < 1.29 is 9.53 Å². The lowest BCUT2D eigenvalue weighted by atomic mass is 10.1. The number of rotatable bonds is 1. The average molecular weight is 300 g/mol. The summed E-state index contributed by atoms with van der Waals surface area (Å²) in [5.74, 6) is 0.433. The zero-order valence-electron chi connectivity index (χ0n) is 7.66. The summed E-state index contributed by atoms with van der Waals surface area (Å²) in [4.78, 5) is 11.3. The Morgan fingerprint density at radius 2 is 1.93 bits per heavy atom. The van der Waals surface area contributed by atoms with E-state index in [1.54, 1.807) is 0 Å². The first kappa shape index (κ1) is 9.71. The maximum absolute atomic E-state index is 11.3. The molecule has 0 aromatic heterocycles. The molecule has 2 nitrogen and oxygen atoms in total. The van der Waals surface area contributed by atoms with Gasteiger partial charge in [0.2, 0.25) is 0 Å². The van der Waals surface area contributed by atoms with Crippen LogP contribution in [0.3, 0.4) is 0 Å². The molecule has 0 amide bonds. The number of cyclic esters (lactones) is 1. The average Bonchev–Trinajstić information content (AvgIpc) is 2.47. The number of hydrogen-bond acceptors (Lipinski definition) is 2. The molecule has 0 saturated heterocycles. The van der Waals surface area contributed by atoms with E-state index in [1.807, 2.05) is 37.3 Å². The van der Waals surface area contributed by atoms with Gasteiger partial charge in [0.05, 0.1) is 5.92 Å². The molecule has 3 heteroatoms. The maximum atomic E-state index is 11.3. The predicted molar refractivity (Wildman–Crippen MR) is 62.6 cm³/mol. The van der Waals surface area contributed by atoms with Crippen molar-refractivity contribution in [2.24, 2.45) is 5.92 Å². The van der Waals surface area contributed by atoms with Gasteiger partial charge in [0.15, 0.2) is 0 Å². The monoisotopic (exact) mass is 300 g/mol. The van der Waals surface area contributed by atoms with Crippen molar-refractivity contribution >= 4 is 34.3 Å². The van der Waals surface area contributed by atoms with Crippen molar-refractivity contribution in [1.29, 1.82) is 0 Å². The number of carbonyl (C=O) groups excluding carboxylic acids is 1. The van der Waals surface area contributed by atoms with E-state index in [0.29, 0.717) is 5.76 Å². The first-order chi connectivity index (χ1) is 6.70.